The van der Waals surface area contributed by atoms with Gasteiger partial charge >= 0.3 is 5.97 Å². The first kappa shape index (κ1) is 19.0. The molecule has 132 valence electrons. The highest BCUT2D eigenvalue weighted by Gasteiger charge is 2.13. The van der Waals surface area contributed by atoms with E-state index in [1.165, 1.54) is 0 Å². The molecule has 4 nitrogen and oxygen atoms in total. The van der Waals surface area contributed by atoms with Crippen LogP contribution in [0, 0.1) is 6.92 Å². The first-order valence-corrected chi connectivity index (χ1v) is 8.54. The van der Waals surface area contributed by atoms with Gasteiger partial charge in [-0.15, -0.1) is 0 Å². The third-order valence-corrected chi connectivity index (χ3v) is 4.29. The third-order valence-electron chi connectivity index (χ3n) is 4.07. The Bertz CT molecular complexity index is 802. The molecule has 0 bridgehead atoms. The Morgan fingerprint density at radius 2 is 1.88 bits per heavy atom. The summed E-state index contributed by atoms with van der Waals surface area (Å²) in [6.45, 7) is 6.64. The quantitative estimate of drug-likeness (QED) is 0.836. The van der Waals surface area contributed by atoms with E-state index >= 15 is 0 Å². The number of benzene rings is 2. The maximum absolute atomic E-state index is 11.8. The van der Waals surface area contributed by atoms with Crippen LogP contribution in [0.1, 0.15) is 30.5 Å². The van der Waals surface area contributed by atoms with Gasteiger partial charge < -0.3 is 10.0 Å². The van der Waals surface area contributed by atoms with Crippen LogP contribution >= 0.6 is 11.6 Å². The van der Waals surface area contributed by atoms with Gasteiger partial charge in [-0.1, -0.05) is 41.4 Å². The van der Waals surface area contributed by atoms with Gasteiger partial charge in [0.15, 0.2) is 0 Å². The van der Waals surface area contributed by atoms with Gasteiger partial charge in [-0.25, -0.2) is 0 Å². The number of aryl methyl sites for hydroxylation is 1. The molecule has 5 heteroatoms. The minimum Gasteiger partial charge on any atom is -0.481 e. The number of carbonyl (C=O) groups excluding carboxylic acids is 1. The predicted molar refractivity (Wildman–Crippen MR) is 99.7 cm³/mol. The molecule has 0 saturated heterocycles. The summed E-state index contributed by atoms with van der Waals surface area (Å²) in [7, 11) is 0. The van der Waals surface area contributed by atoms with Crippen LogP contribution in [0.4, 0.5) is 0 Å². The summed E-state index contributed by atoms with van der Waals surface area (Å²) < 4.78 is 0. The lowest BCUT2D eigenvalue weighted by Gasteiger charge is -2.21. The molecule has 1 N–H and O–H groups in total. The fourth-order valence-electron chi connectivity index (χ4n) is 2.87. The van der Waals surface area contributed by atoms with Crippen LogP contribution in [-0.4, -0.2) is 28.4 Å². The number of carbonyl (C=O) groups is 2. The average Bonchev–Trinajstić information content (AvgIpc) is 2.51. The lowest BCUT2D eigenvalue weighted by molar-refractivity contribution is -0.136. The highest BCUT2D eigenvalue weighted by atomic mass is 35.5. The molecule has 0 saturated carbocycles. The fraction of sp³-hybridized carbons (Fsp3) is 0.300. The van der Waals surface area contributed by atoms with Gasteiger partial charge in [0, 0.05) is 25.0 Å². The van der Waals surface area contributed by atoms with E-state index in [1.807, 2.05) is 38.1 Å². The number of carboxylic acid groups (broad SMARTS) is 1. The zero-order chi connectivity index (χ0) is 18.6. The van der Waals surface area contributed by atoms with Crippen molar-refractivity contribution in [3.63, 3.8) is 0 Å². The van der Waals surface area contributed by atoms with Crippen LogP contribution in [0.15, 0.2) is 36.4 Å². The highest BCUT2D eigenvalue weighted by molar-refractivity contribution is 6.31. The number of halogens is 1. The first-order valence-electron chi connectivity index (χ1n) is 8.16. The molecule has 25 heavy (non-hydrogen) atoms. The Hall–Kier alpha value is -2.33. The first-order chi connectivity index (χ1) is 11.8. The second kappa shape index (κ2) is 8.17. The Morgan fingerprint density at radius 3 is 2.48 bits per heavy atom. The van der Waals surface area contributed by atoms with Crippen molar-refractivity contribution in [2.75, 3.05) is 6.54 Å². The van der Waals surface area contributed by atoms with Crippen molar-refractivity contribution < 1.29 is 14.7 Å². The molecule has 2 rings (SSSR count). The topological polar surface area (TPSA) is 57.6 Å². The molecule has 0 atom stereocenters. The van der Waals surface area contributed by atoms with Crippen molar-refractivity contribution in [1.29, 1.82) is 0 Å². The SMILES string of the molecule is CCN(Cc1cc(C)ccc1-c1cc(Cl)cc(CC(=O)O)c1)C(C)=O. The maximum atomic E-state index is 11.8. The van der Waals surface area contributed by atoms with E-state index in [2.05, 4.69) is 6.07 Å². The van der Waals surface area contributed by atoms with Crippen LogP contribution in [-0.2, 0) is 22.6 Å². The van der Waals surface area contributed by atoms with Crippen LogP contribution < -0.4 is 0 Å². The summed E-state index contributed by atoms with van der Waals surface area (Å²) in [5.74, 6) is -0.876. The van der Waals surface area contributed by atoms with Crippen molar-refractivity contribution in [3.8, 4) is 11.1 Å². The summed E-state index contributed by atoms with van der Waals surface area (Å²) in [5, 5.41) is 9.53. The Kier molecular flexibility index (Phi) is 6.21. The summed E-state index contributed by atoms with van der Waals surface area (Å²) >= 11 is 6.19. The van der Waals surface area contributed by atoms with Gasteiger partial charge in [0.1, 0.15) is 0 Å². The van der Waals surface area contributed by atoms with Crippen molar-refractivity contribution in [3.05, 3.63) is 58.1 Å². The number of nitrogens with zero attached hydrogens (tertiary/aromatic N) is 1. The van der Waals surface area contributed by atoms with Gasteiger partial charge in [0.25, 0.3) is 0 Å². The van der Waals surface area contributed by atoms with Gasteiger partial charge in [-0.3, -0.25) is 9.59 Å². The normalized spacial score (nSPS) is 10.6. The van der Waals surface area contributed by atoms with E-state index in [4.69, 9.17) is 16.7 Å². The second-order valence-electron chi connectivity index (χ2n) is 6.11. The minimum atomic E-state index is -0.897. The minimum absolute atomic E-state index is 0.0209. The Balaban J connectivity index is 2.50. The lowest BCUT2D eigenvalue weighted by atomic mass is 9.95. The van der Waals surface area contributed by atoms with E-state index in [0.717, 1.165) is 22.3 Å². The number of hydrogen-bond acceptors (Lipinski definition) is 2. The zero-order valence-corrected chi connectivity index (χ0v) is 15.4. The van der Waals surface area contributed by atoms with Crippen LogP contribution in [0.5, 0.6) is 0 Å². The number of aliphatic carboxylic acids is 1. The van der Waals surface area contributed by atoms with E-state index in [9.17, 15) is 9.59 Å². The molecule has 0 heterocycles. The standard InChI is InChI=1S/C20H22ClNO3/c1-4-22(14(3)23)12-17-7-13(2)5-6-19(17)16-8-15(10-20(24)25)9-18(21)11-16/h5-9,11H,4,10,12H2,1-3H3,(H,24,25). The van der Waals surface area contributed by atoms with E-state index in [-0.39, 0.29) is 12.3 Å². The molecule has 0 unspecified atom stereocenters. The molecule has 0 radical (unpaired) electrons. The molecule has 2 aromatic rings. The maximum Gasteiger partial charge on any atom is 0.307 e. The van der Waals surface area contributed by atoms with Gasteiger partial charge in [-0.05, 0) is 48.2 Å². The summed E-state index contributed by atoms with van der Waals surface area (Å²) in [6, 6.07) is 11.4. The predicted octanol–water partition coefficient (Wildman–Crippen LogP) is 4.31. The second-order valence-corrected chi connectivity index (χ2v) is 6.55. The largest absolute Gasteiger partial charge is 0.481 e. The molecule has 2 aromatic carbocycles. The fourth-order valence-corrected chi connectivity index (χ4v) is 3.13. The summed E-state index contributed by atoms with van der Waals surface area (Å²) in [5.41, 5.74) is 4.59. The zero-order valence-electron chi connectivity index (χ0n) is 14.7. The third kappa shape index (κ3) is 5.07. The summed E-state index contributed by atoms with van der Waals surface area (Å²) in [4.78, 5) is 24.6. The van der Waals surface area contributed by atoms with Crippen LogP contribution in [0.25, 0.3) is 11.1 Å². The Labute approximate surface area is 153 Å². The molecule has 0 aliphatic heterocycles. The smallest absolute Gasteiger partial charge is 0.307 e. The van der Waals surface area contributed by atoms with E-state index < -0.39 is 5.97 Å². The van der Waals surface area contributed by atoms with Crippen LogP contribution in [0.2, 0.25) is 5.02 Å². The number of hydrogen-bond donors (Lipinski definition) is 1. The van der Waals surface area contributed by atoms with Crippen molar-refractivity contribution in [1.82, 2.24) is 4.90 Å². The Morgan fingerprint density at radius 1 is 1.16 bits per heavy atom. The highest BCUT2D eigenvalue weighted by Crippen LogP contribution is 2.29. The number of carboxylic acids is 1. The monoisotopic (exact) mass is 359 g/mol. The molecular weight excluding hydrogens is 338 g/mol. The summed E-state index contributed by atoms with van der Waals surface area (Å²) in [6.07, 6.45) is -0.0801. The lowest BCUT2D eigenvalue weighted by Crippen LogP contribution is -2.28. The molecule has 0 aliphatic rings. The van der Waals surface area contributed by atoms with Gasteiger partial charge in [0.2, 0.25) is 5.91 Å². The van der Waals surface area contributed by atoms with Crippen molar-refractivity contribution in [2.45, 2.75) is 33.7 Å². The van der Waals surface area contributed by atoms with Crippen LogP contribution in [0.3, 0.4) is 0 Å². The van der Waals surface area contributed by atoms with Crippen molar-refractivity contribution >= 4 is 23.5 Å². The van der Waals surface area contributed by atoms with Gasteiger partial charge in [-0.2, -0.15) is 0 Å². The number of amides is 1. The molecule has 0 aromatic heterocycles. The van der Waals surface area contributed by atoms with E-state index in [0.29, 0.717) is 23.7 Å². The van der Waals surface area contributed by atoms with E-state index in [1.54, 1.807) is 17.9 Å². The van der Waals surface area contributed by atoms with Crippen molar-refractivity contribution in [2.24, 2.45) is 0 Å². The molecule has 0 aliphatic carbocycles. The van der Waals surface area contributed by atoms with Gasteiger partial charge in [0.05, 0.1) is 6.42 Å². The average molecular weight is 360 g/mol. The number of rotatable bonds is 6. The molecule has 1 amide bonds. The molecule has 0 spiro atoms. The molecular formula is C20H22ClNO3. The molecule has 0 fully saturated rings.